The molecule has 3 aromatic carbocycles. The van der Waals surface area contributed by atoms with E-state index in [1.807, 2.05) is 18.2 Å². The molecule has 8 heteroatoms. The summed E-state index contributed by atoms with van der Waals surface area (Å²) in [4.78, 5) is 38.8. The number of anilines is 1. The molecule has 0 spiro atoms. The first-order valence-electron chi connectivity index (χ1n) is 9.56. The highest BCUT2D eigenvalue weighted by Crippen LogP contribution is 2.27. The SMILES string of the molecule is O=C1NC(=O)N(c2ccc(Br)cc2)C(=O)/C1=C/c1ccccc1OCc1ccccc1Cl. The van der Waals surface area contributed by atoms with Gasteiger partial charge in [0.2, 0.25) is 0 Å². The molecule has 0 saturated carbocycles. The normalized spacial score (nSPS) is 15.1. The van der Waals surface area contributed by atoms with Crippen molar-refractivity contribution in [2.75, 3.05) is 4.90 Å². The average molecular weight is 512 g/mol. The van der Waals surface area contributed by atoms with Gasteiger partial charge in [-0.05, 0) is 42.5 Å². The molecule has 1 heterocycles. The van der Waals surface area contributed by atoms with Crippen LogP contribution < -0.4 is 15.0 Å². The number of halogens is 2. The van der Waals surface area contributed by atoms with Crippen molar-refractivity contribution in [3.05, 3.63) is 99.0 Å². The molecular weight excluding hydrogens is 496 g/mol. The van der Waals surface area contributed by atoms with Gasteiger partial charge < -0.3 is 4.74 Å². The van der Waals surface area contributed by atoms with Crippen LogP contribution in [-0.2, 0) is 16.2 Å². The highest BCUT2D eigenvalue weighted by atomic mass is 79.9. The highest BCUT2D eigenvalue weighted by molar-refractivity contribution is 9.10. The second kappa shape index (κ2) is 9.38. The predicted molar refractivity (Wildman–Crippen MR) is 125 cm³/mol. The van der Waals surface area contributed by atoms with Gasteiger partial charge in [0.15, 0.2) is 0 Å². The molecule has 0 unspecified atom stereocenters. The molecule has 0 bridgehead atoms. The Labute approximate surface area is 197 Å². The second-order valence-electron chi connectivity index (χ2n) is 6.85. The number of barbiturate groups is 1. The quantitative estimate of drug-likeness (QED) is 0.370. The number of hydrogen-bond donors (Lipinski definition) is 1. The monoisotopic (exact) mass is 510 g/mol. The summed E-state index contributed by atoms with van der Waals surface area (Å²) in [5, 5.41) is 2.79. The first-order valence-corrected chi connectivity index (χ1v) is 10.7. The number of benzene rings is 3. The van der Waals surface area contributed by atoms with E-state index in [1.165, 1.54) is 6.08 Å². The number of carbonyl (C=O) groups excluding carboxylic acids is 3. The zero-order chi connectivity index (χ0) is 22.7. The summed E-state index contributed by atoms with van der Waals surface area (Å²) in [5.74, 6) is -1.02. The zero-order valence-electron chi connectivity index (χ0n) is 16.5. The van der Waals surface area contributed by atoms with Gasteiger partial charge in [0, 0.05) is 20.6 Å². The molecule has 4 amide bonds. The minimum absolute atomic E-state index is 0.179. The predicted octanol–water partition coefficient (Wildman–Crippen LogP) is 5.35. The average Bonchev–Trinajstić information content (AvgIpc) is 2.78. The number of nitrogens with zero attached hydrogens (tertiary/aromatic N) is 1. The Morgan fingerprint density at radius 2 is 1.62 bits per heavy atom. The van der Waals surface area contributed by atoms with Crippen LogP contribution in [0.15, 0.2) is 82.8 Å². The minimum atomic E-state index is -0.803. The third kappa shape index (κ3) is 4.59. The summed E-state index contributed by atoms with van der Waals surface area (Å²) >= 11 is 9.51. The summed E-state index contributed by atoms with van der Waals surface area (Å²) in [7, 11) is 0. The number of rotatable bonds is 5. The van der Waals surface area contributed by atoms with E-state index in [2.05, 4.69) is 21.2 Å². The van der Waals surface area contributed by atoms with Crippen LogP contribution in [0.2, 0.25) is 5.02 Å². The summed E-state index contributed by atoms with van der Waals surface area (Å²) in [6.45, 7) is 0.212. The van der Waals surface area contributed by atoms with Crippen molar-refractivity contribution in [1.82, 2.24) is 5.32 Å². The van der Waals surface area contributed by atoms with Crippen molar-refractivity contribution < 1.29 is 19.1 Å². The summed E-state index contributed by atoms with van der Waals surface area (Å²) in [6, 6.07) is 20.1. The molecule has 0 atom stereocenters. The van der Waals surface area contributed by atoms with Gasteiger partial charge in [-0.3, -0.25) is 14.9 Å². The van der Waals surface area contributed by atoms with Gasteiger partial charge >= 0.3 is 6.03 Å². The minimum Gasteiger partial charge on any atom is -0.488 e. The molecule has 1 fully saturated rings. The fraction of sp³-hybridized carbons (Fsp3) is 0.0417. The van der Waals surface area contributed by atoms with Crippen LogP contribution in [0.3, 0.4) is 0 Å². The lowest BCUT2D eigenvalue weighted by molar-refractivity contribution is -0.122. The third-order valence-electron chi connectivity index (χ3n) is 4.75. The van der Waals surface area contributed by atoms with E-state index in [1.54, 1.807) is 54.6 Å². The number of amides is 4. The van der Waals surface area contributed by atoms with Crippen molar-refractivity contribution in [1.29, 1.82) is 0 Å². The summed E-state index contributed by atoms with van der Waals surface area (Å²) < 4.78 is 6.70. The summed E-state index contributed by atoms with van der Waals surface area (Å²) in [6.07, 6.45) is 1.41. The molecule has 4 rings (SSSR count). The molecule has 0 aliphatic carbocycles. The Hall–Kier alpha value is -3.42. The molecule has 0 radical (unpaired) electrons. The highest BCUT2D eigenvalue weighted by Gasteiger charge is 2.36. The fourth-order valence-electron chi connectivity index (χ4n) is 3.14. The Morgan fingerprint density at radius 1 is 0.938 bits per heavy atom. The second-order valence-corrected chi connectivity index (χ2v) is 8.18. The third-order valence-corrected chi connectivity index (χ3v) is 5.64. The Kier molecular flexibility index (Phi) is 6.39. The Morgan fingerprint density at radius 3 is 2.38 bits per heavy atom. The maximum atomic E-state index is 13.1. The van der Waals surface area contributed by atoms with Crippen molar-refractivity contribution in [2.45, 2.75) is 6.61 Å². The number of urea groups is 1. The van der Waals surface area contributed by atoms with Crippen LogP contribution in [0.25, 0.3) is 6.08 Å². The van der Waals surface area contributed by atoms with Crippen LogP contribution in [0, 0.1) is 0 Å². The molecule has 1 saturated heterocycles. The van der Waals surface area contributed by atoms with E-state index < -0.39 is 17.8 Å². The topological polar surface area (TPSA) is 75.7 Å². The Bertz CT molecular complexity index is 1240. The van der Waals surface area contributed by atoms with Gasteiger partial charge in [-0.15, -0.1) is 0 Å². The fourth-order valence-corrected chi connectivity index (χ4v) is 3.59. The first-order chi connectivity index (χ1) is 15.4. The maximum Gasteiger partial charge on any atom is 0.335 e. The van der Waals surface area contributed by atoms with Gasteiger partial charge in [-0.2, -0.15) is 0 Å². The van der Waals surface area contributed by atoms with Gasteiger partial charge in [0.25, 0.3) is 11.8 Å². The molecular formula is C24H16BrClN2O4. The van der Waals surface area contributed by atoms with Gasteiger partial charge in [0.05, 0.1) is 5.69 Å². The van der Waals surface area contributed by atoms with Gasteiger partial charge in [-0.1, -0.05) is 63.9 Å². The lowest BCUT2D eigenvalue weighted by Gasteiger charge is -2.26. The number of ether oxygens (including phenoxy) is 1. The standard InChI is InChI=1S/C24H16BrClN2O4/c25-17-9-11-18(12-10-17)28-23(30)19(22(29)27-24(28)31)13-15-5-2-4-8-21(15)32-14-16-6-1-3-7-20(16)26/h1-13H,14H2,(H,27,29,31)/b19-13+. The van der Waals surface area contributed by atoms with E-state index in [-0.39, 0.29) is 12.2 Å². The van der Waals surface area contributed by atoms with Crippen LogP contribution in [0.5, 0.6) is 5.75 Å². The molecule has 0 aromatic heterocycles. The smallest absolute Gasteiger partial charge is 0.335 e. The maximum absolute atomic E-state index is 13.1. The number of imide groups is 2. The molecule has 32 heavy (non-hydrogen) atoms. The largest absolute Gasteiger partial charge is 0.488 e. The molecule has 160 valence electrons. The van der Waals surface area contributed by atoms with Crippen LogP contribution in [0.1, 0.15) is 11.1 Å². The molecule has 6 nitrogen and oxygen atoms in total. The van der Waals surface area contributed by atoms with Crippen molar-refractivity contribution in [3.63, 3.8) is 0 Å². The number of para-hydroxylation sites is 1. The number of hydrogen-bond acceptors (Lipinski definition) is 4. The molecule has 1 aliphatic rings. The lowest BCUT2D eigenvalue weighted by atomic mass is 10.1. The van der Waals surface area contributed by atoms with Gasteiger partial charge in [0.1, 0.15) is 17.9 Å². The van der Waals surface area contributed by atoms with Crippen LogP contribution in [-0.4, -0.2) is 17.8 Å². The van der Waals surface area contributed by atoms with E-state index in [0.29, 0.717) is 22.0 Å². The van der Waals surface area contributed by atoms with Crippen molar-refractivity contribution in [2.24, 2.45) is 0 Å². The summed E-state index contributed by atoms with van der Waals surface area (Å²) in [5.41, 5.74) is 1.48. The van der Waals surface area contributed by atoms with Crippen molar-refractivity contribution >= 4 is 57.1 Å². The van der Waals surface area contributed by atoms with E-state index in [4.69, 9.17) is 16.3 Å². The van der Waals surface area contributed by atoms with E-state index >= 15 is 0 Å². The number of carbonyl (C=O) groups is 3. The molecule has 3 aromatic rings. The van der Waals surface area contributed by atoms with E-state index in [9.17, 15) is 14.4 Å². The lowest BCUT2D eigenvalue weighted by Crippen LogP contribution is -2.54. The van der Waals surface area contributed by atoms with Crippen LogP contribution >= 0.6 is 27.5 Å². The van der Waals surface area contributed by atoms with E-state index in [0.717, 1.165) is 14.9 Å². The van der Waals surface area contributed by atoms with Crippen LogP contribution in [0.4, 0.5) is 10.5 Å². The van der Waals surface area contributed by atoms with Gasteiger partial charge in [-0.25, -0.2) is 9.69 Å². The zero-order valence-corrected chi connectivity index (χ0v) is 18.9. The number of nitrogens with one attached hydrogen (secondary N) is 1. The Balaban J connectivity index is 1.64. The van der Waals surface area contributed by atoms with Crippen molar-refractivity contribution in [3.8, 4) is 5.75 Å². The molecule has 1 N–H and O–H groups in total. The first kappa shape index (κ1) is 21.8. The molecule has 1 aliphatic heterocycles.